The molecule has 4 heteroatoms. The van der Waals surface area contributed by atoms with E-state index in [4.69, 9.17) is 4.74 Å². The first-order valence-corrected chi connectivity index (χ1v) is 8.27. The van der Waals surface area contributed by atoms with E-state index >= 15 is 0 Å². The summed E-state index contributed by atoms with van der Waals surface area (Å²) >= 11 is 0. The molecule has 126 valence electrons. The van der Waals surface area contributed by atoms with Crippen molar-refractivity contribution in [2.24, 2.45) is 5.92 Å². The molecule has 1 N–H and O–H groups in total. The van der Waals surface area contributed by atoms with Crippen molar-refractivity contribution in [1.29, 1.82) is 0 Å². The number of amides is 1. The molecule has 2 atom stereocenters. The number of methoxy groups -OCH3 is 1. The lowest BCUT2D eigenvalue weighted by Gasteiger charge is -2.19. The van der Waals surface area contributed by atoms with Crippen molar-refractivity contribution < 1.29 is 9.53 Å². The summed E-state index contributed by atoms with van der Waals surface area (Å²) in [5, 5.41) is 3.10. The molecule has 1 heterocycles. The molecule has 3 rings (SSSR count). The van der Waals surface area contributed by atoms with E-state index in [1.165, 1.54) is 5.56 Å². The van der Waals surface area contributed by atoms with Gasteiger partial charge in [0.2, 0.25) is 5.91 Å². The topological polar surface area (TPSA) is 41.6 Å². The molecule has 4 nitrogen and oxygen atoms in total. The van der Waals surface area contributed by atoms with Crippen LogP contribution in [0.25, 0.3) is 0 Å². The van der Waals surface area contributed by atoms with Crippen molar-refractivity contribution in [2.45, 2.75) is 12.8 Å². The predicted molar refractivity (Wildman–Crippen MR) is 96.5 cm³/mol. The number of anilines is 1. The third kappa shape index (κ3) is 3.44. The molecule has 0 bridgehead atoms. The molecule has 1 aliphatic heterocycles. The summed E-state index contributed by atoms with van der Waals surface area (Å²) in [4.78, 5) is 15.1. The minimum atomic E-state index is -0.0427. The first-order chi connectivity index (χ1) is 11.6. The Hall–Kier alpha value is -2.33. The van der Waals surface area contributed by atoms with E-state index in [1.807, 2.05) is 43.3 Å². The molecular weight excluding hydrogens is 300 g/mol. The standard InChI is InChI=1S/C20H24N2O2/c1-14-11-16(24-3)9-10-19(14)21-20(23)18-13-22(2)12-17(18)15-7-5-4-6-8-15/h4-11,17-18H,12-13H2,1-3H3,(H,21,23)/t17-,18-/m0/s1. The highest BCUT2D eigenvalue weighted by molar-refractivity contribution is 5.94. The largest absolute Gasteiger partial charge is 0.497 e. The fourth-order valence-electron chi connectivity index (χ4n) is 3.43. The van der Waals surface area contributed by atoms with Crippen LogP contribution in [-0.4, -0.2) is 38.1 Å². The molecule has 1 saturated heterocycles. The quantitative estimate of drug-likeness (QED) is 0.938. The van der Waals surface area contributed by atoms with Gasteiger partial charge in [0, 0.05) is 24.7 Å². The van der Waals surface area contributed by atoms with Gasteiger partial charge >= 0.3 is 0 Å². The predicted octanol–water partition coefficient (Wildman–Crippen LogP) is 3.29. The van der Waals surface area contributed by atoms with Gasteiger partial charge in [0.15, 0.2) is 0 Å². The minimum absolute atomic E-state index is 0.0427. The Kier molecular flexibility index (Phi) is 4.86. The van der Waals surface area contributed by atoms with Crippen LogP contribution in [0, 0.1) is 12.8 Å². The molecular formula is C20H24N2O2. The maximum Gasteiger partial charge on any atom is 0.229 e. The first kappa shape index (κ1) is 16.5. The van der Waals surface area contributed by atoms with Crippen LogP contribution >= 0.6 is 0 Å². The third-order valence-corrected chi connectivity index (χ3v) is 4.76. The summed E-state index contributed by atoms with van der Waals surface area (Å²) in [6, 6.07) is 16.0. The van der Waals surface area contributed by atoms with Crippen molar-refractivity contribution in [3.8, 4) is 5.75 Å². The van der Waals surface area contributed by atoms with Crippen LogP contribution in [0.1, 0.15) is 17.0 Å². The van der Waals surface area contributed by atoms with Gasteiger partial charge < -0.3 is 15.0 Å². The van der Waals surface area contributed by atoms with Gasteiger partial charge in [0.05, 0.1) is 13.0 Å². The number of ether oxygens (including phenoxy) is 1. The van der Waals surface area contributed by atoms with E-state index in [0.29, 0.717) is 0 Å². The Balaban J connectivity index is 1.78. The summed E-state index contributed by atoms with van der Waals surface area (Å²) < 4.78 is 5.22. The van der Waals surface area contributed by atoms with Crippen LogP contribution < -0.4 is 10.1 Å². The number of nitrogens with one attached hydrogen (secondary N) is 1. The molecule has 2 aromatic carbocycles. The number of carbonyl (C=O) groups excluding carboxylic acids is 1. The van der Waals surface area contributed by atoms with Gasteiger partial charge in [-0.2, -0.15) is 0 Å². The molecule has 1 fully saturated rings. The second-order valence-electron chi connectivity index (χ2n) is 6.51. The van der Waals surface area contributed by atoms with Gasteiger partial charge in [0.1, 0.15) is 5.75 Å². The number of aryl methyl sites for hydroxylation is 1. The van der Waals surface area contributed by atoms with Gasteiger partial charge in [-0.1, -0.05) is 30.3 Å². The van der Waals surface area contributed by atoms with E-state index in [1.54, 1.807) is 7.11 Å². The molecule has 2 aromatic rings. The smallest absolute Gasteiger partial charge is 0.229 e. The summed E-state index contributed by atoms with van der Waals surface area (Å²) in [5.41, 5.74) is 3.08. The number of carbonyl (C=O) groups is 1. The molecule has 0 spiro atoms. The Labute approximate surface area is 143 Å². The lowest BCUT2D eigenvalue weighted by Crippen LogP contribution is -2.28. The van der Waals surface area contributed by atoms with E-state index < -0.39 is 0 Å². The molecule has 0 radical (unpaired) electrons. The van der Waals surface area contributed by atoms with Crippen LogP contribution in [0.15, 0.2) is 48.5 Å². The zero-order valence-corrected chi connectivity index (χ0v) is 14.5. The van der Waals surface area contributed by atoms with Gasteiger partial charge in [0.25, 0.3) is 0 Å². The minimum Gasteiger partial charge on any atom is -0.497 e. The van der Waals surface area contributed by atoms with Crippen LogP contribution in [0.2, 0.25) is 0 Å². The van der Waals surface area contributed by atoms with E-state index in [2.05, 4.69) is 29.4 Å². The van der Waals surface area contributed by atoms with Crippen molar-refractivity contribution in [3.63, 3.8) is 0 Å². The van der Waals surface area contributed by atoms with Gasteiger partial charge in [-0.15, -0.1) is 0 Å². The Bertz CT molecular complexity index is 715. The van der Waals surface area contributed by atoms with Crippen LogP contribution in [0.5, 0.6) is 5.75 Å². The highest BCUT2D eigenvalue weighted by Gasteiger charge is 2.37. The maximum absolute atomic E-state index is 12.9. The zero-order valence-electron chi connectivity index (χ0n) is 14.5. The molecule has 1 aliphatic rings. The Morgan fingerprint density at radius 2 is 1.92 bits per heavy atom. The van der Waals surface area contributed by atoms with Crippen molar-refractivity contribution >= 4 is 11.6 Å². The molecule has 0 saturated carbocycles. The molecule has 0 aromatic heterocycles. The number of likely N-dealkylation sites (N-methyl/N-ethyl adjacent to an activating group) is 1. The third-order valence-electron chi connectivity index (χ3n) is 4.76. The molecule has 0 aliphatic carbocycles. The van der Waals surface area contributed by atoms with Gasteiger partial charge in [-0.3, -0.25) is 4.79 Å². The van der Waals surface area contributed by atoms with E-state index in [9.17, 15) is 4.79 Å². The number of hydrogen-bond donors (Lipinski definition) is 1. The van der Waals surface area contributed by atoms with Crippen molar-refractivity contribution in [3.05, 3.63) is 59.7 Å². The fourth-order valence-corrected chi connectivity index (χ4v) is 3.43. The SMILES string of the molecule is COc1ccc(NC(=O)[C@H]2CN(C)C[C@H]2c2ccccc2)c(C)c1. The fraction of sp³-hybridized carbons (Fsp3) is 0.350. The van der Waals surface area contributed by atoms with Gasteiger partial charge in [-0.05, 0) is 43.3 Å². The van der Waals surface area contributed by atoms with E-state index in [0.717, 1.165) is 30.1 Å². The number of nitrogens with zero attached hydrogens (tertiary/aromatic N) is 1. The lowest BCUT2D eigenvalue weighted by molar-refractivity contribution is -0.119. The van der Waals surface area contributed by atoms with Crippen LogP contribution in [-0.2, 0) is 4.79 Å². The number of benzene rings is 2. The zero-order chi connectivity index (χ0) is 17.1. The number of rotatable bonds is 4. The number of likely N-dealkylation sites (tertiary alicyclic amines) is 1. The van der Waals surface area contributed by atoms with Gasteiger partial charge in [-0.25, -0.2) is 0 Å². The highest BCUT2D eigenvalue weighted by atomic mass is 16.5. The van der Waals surface area contributed by atoms with Crippen molar-refractivity contribution in [2.75, 3.05) is 32.6 Å². The monoisotopic (exact) mass is 324 g/mol. The molecule has 0 unspecified atom stereocenters. The summed E-state index contributed by atoms with van der Waals surface area (Å²) in [7, 11) is 3.72. The highest BCUT2D eigenvalue weighted by Crippen LogP contribution is 2.33. The lowest BCUT2D eigenvalue weighted by atomic mass is 9.88. The van der Waals surface area contributed by atoms with Crippen LogP contribution in [0.3, 0.4) is 0 Å². The Morgan fingerprint density at radius 3 is 2.58 bits per heavy atom. The molecule has 24 heavy (non-hydrogen) atoms. The normalized spacial score (nSPS) is 20.8. The average Bonchev–Trinajstić information content (AvgIpc) is 2.99. The second-order valence-corrected chi connectivity index (χ2v) is 6.51. The van der Waals surface area contributed by atoms with E-state index in [-0.39, 0.29) is 17.7 Å². The first-order valence-electron chi connectivity index (χ1n) is 8.27. The summed E-state index contributed by atoms with van der Waals surface area (Å²) in [6.07, 6.45) is 0. The molecule has 1 amide bonds. The Morgan fingerprint density at radius 1 is 1.17 bits per heavy atom. The van der Waals surface area contributed by atoms with Crippen LogP contribution in [0.4, 0.5) is 5.69 Å². The van der Waals surface area contributed by atoms with Crippen molar-refractivity contribution in [1.82, 2.24) is 4.90 Å². The average molecular weight is 324 g/mol. The maximum atomic E-state index is 12.9. The number of hydrogen-bond acceptors (Lipinski definition) is 3. The second kappa shape index (κ2) is 7.05. The summed E-state index contributed by atoms with van der Waals surface area (Å²) in [6.45, 7) is 3.66. The summed E-state index contributed by atoms with van der Waals surface area (Å²) in [5.74, 6) is 1.07.